The molecule has 0 spiro atoms. The van der Waals surface area contributed by atoms with Crippen molar-refractivity contribution in [3.05, 3.63) is 59.1 Å². The summed E-state index contributed by atoms with van der Waals surface area (Å²) in [5.74, 6) is -0.126. The second-order valence-corrected chi connectivity index (χ2v) is 8.10. The topological polar surface area (TPSA) is 87.2 Å². The minimum Gasteiger partial charge on any atom is -0.872 e. The highest BCUT2D eigenvalue weighted by Crippen LogP contribution is 2.39. The molecule has 2 heterocycles. The number of hydrogen-bond acceptors (Lipinski definition) is 5. The van der Waals surface area contributed by atoms with Crippen LogP contribution in [-0.4, -0.2) is 50.4 Å². The van der Waals surface area contributed by atoms with Crippen molar-refractivity contribution in [2.45, 2.75) is 32.7 Å². The third-order valence-electron chi connectivity index (χ3n) is 5.23. The minimum absolute atomic E-state index is 0.0567. The van der Waals surface area contributed by atoms with Crippen LogP contribution in [0, 0.1) is 6.92 Å². The second kappa shape index (κ2) is 9.83. The van der Waals surface area contributed by atoms with E-state index in [1.165, 1.54) is 9.80 Å². The van der Waals surface area contributed by atoms with Gasteiger partial charge < -0.3 is 24.1 Å². The zero-order valence-electron chi connectivity index (χ0n) is 18.6. The maximum Gasteiger partial charge on any atom is 0.295 e. The number of hydrogen-bond donors (Lipinski definition) is 1. The standard InChI is InChI=1S/C24H30N2O5/c1-5-15-30-18-10-8-17(9-11-18)22(27)20-21(19-12-7-16(2)31-19)26(24(29)23(20)28)14-6-13-25(3)4/h7-12,21,27H,5-6,13-15H2,1-4H3/b22-20+. The van der Waals surface area contributed by atoms with E-state index in [1.807, 2.05) is 21.0 Å². The summed E-state index contributed by atoms with van der Waals surface area (Å²) >= 11 is 0. The van der Waals surface area contributed by atoms with Gasteiger partial charge in [-0.05, 0) is 43.2 Å². The molecule has 1 atom stereocenters. The lowest BCUT2D eigenvalue weighted by Crippen LogP contribution is -3.05. The van der Waals surface area contributed by atoms with Gasteiger partial charge in [-0.25, -0.2) is 0 Å². The summed E-state index contributed by atoms with van der Waals surface area (Å²) in [7, 11) is 4.05. The molecule has 2 aromatic rings. The number of benzene rings is 1. The fourth-order valence-corrected chi connectivity index (χ4v) is 3.68. The number of nitrogens with one attached hydrogen (secondary N) is 1. The average molecular weight is 427 g/mol. The van der Waals surface area contributed by atoms with Crippen LogP contribution < -0.4 is 14.7 Å². The molecule has 31 heavy (non-hydrogen) atoms. The lowest BCUT2D eigenvalue weighted by Gasteiger charge is -2.25. The van der Waals surface area contributed by atoms with Crippen LogP contribution in [0.15, 0.2) is 46.4 Å². The van der Waals surface area contributed by atoms with Crippen molar-refractivity contribution in [3.8, 4) is 5.75 Å². The molecule has 0 saturated carbocycles. The Hall–Kier alpha value is -3.06. The Bertz CT molecular complexity index is 959. The maximum atomic E-state index is 13.3. The van der Waals surface area contributed by atoms with Crippen LogP contribution in [0.2, 0.25) is 0 Å². The number of carbonyl (C=O) groups excluding carboxylic acids is 2. The van der Waals surface area contributed by atoms with Crippen molar-refractivity contribution in [2.24, 2.45) is 0 Å². The van der Waals surface area contributed by atoms with Gasteiger partial charge in [0.25, 0.3) is 5.91 Å². The number of amides is 1. The van der Waals surface area contributed by atoms with E-state index in [0.29, 0.717) is 42.4 Å². The largest absolute Gasteiger partial charge is 0.872 e. The molecule has 0 aliphatic carbocycles. The van der Waals surface area contributed by atoms with E-state index in [2.05, 4.69) is 0 Å². The SMILES string of the molecule is CCCOc1ccc(/C([O-])=C2\C(=O)C(=O)N(CCC[NH+](C)C)C2c2ccc(C)o2)cc1. The number of ketones is 1. The molecule has 1 aliphatic heterocycles. The first-order valence-electron chi connectivity index (χ1n) is 10.7. The van der Waals surface area contributed by atoms with Crippen molar-refractivity contribution in [1.29, 1.82) is 0 Å². The summed E-state index contributed by atoms with van der Waals surface area (Å²) in [5, 5.41) is 13.3. The van der Waals surface area contributed by atoms with Crippen molar-refractivity contribution < 1.29 is 28.7 Å². The first-order chi connectivity index (χ1) is 14.8. The van der Waals surface area contributed by atoms with Crippen LogP contribution in [0.25, 0.3) is 5.76 Å². The molecular weight excluding hydrogens is 396 g/mol. The number of furan rings is 1. The Balaban J connectivity index is 1.98. The summed E-state index contributed by atoms with van der Waals surface area (Å²) in [5.41, 5.74) is 0.284. The van der Waals surface area contributed by atoms with Crippen LogP contribution in [-0.2, 0) is 9.59 Å². The first kappa shape index (κ1) is 22.6. The number of likely N-dealkylation sites (tertiary alicyclic amines) is 1. The van der Waals surface area contributed by atoms with E-state index in [9.17, 15) is 14.7 Å². The van der Waals surface area contributed by atoms with E-state index in [1.54, 1.807) is 43.3 Å². The number of nitrogens with zero attached hydrogens (tertiary/aromatic N) is 1. The van der Waals surface area contributed by atoms with E-state index in [0.717, 1.165) is 13.0 Å². The Kier molecular flexibility index (Phi) is 7.17. The Morgan fingerprint density at radius 1 is 1.16 bits per heavy atom. The Morgan fingerprint density at radius 2 is 1.87 bits per heavy atom. The van der Waals surface area contributed by atoms with Crippen molar-refractivity contribution in [1.82, 2.24) is 4.90 Å². The summed E-state index contributed by atoms with van der Waals surface area (Å²) in [6.45, 7) is 5.60. The van der Waals surface area contributed by atoms with E-state index < -0.39 is 23.5 Å². The molecule has 1 aliphatic rings. The zero-order chi connectivity index (χ0) is 22.5. The van der Waals surface area contributed by atoms with Crippen molar-refractivity contribution in [3.63, 3.8) is 0 Å². The lowest BCUT2D eigenvalue weighted by molar-refractivity contribution is -0.858. The fourth-order valence-electron chi connectivity index (χ4n) is 3.68. The number of quaternary nitrogens is 1. The molecule has 1 aromatic heterocycles. The number of Topliss-reactive ketones (excluding diaryl/α,β-unsaturated/α-hetero) is 1. The smallest absolute Gasteiger partial charge is 0.295 e. The Labute approximate surface area is 182 Å². The van der Waals surface area contributed by atoms with Gasteiger partial charge in [0.2, 0.25) is 5.78 Å². The summed E-state index contributed by atoms with van der Waals surface area (Å²) in [6, 6.07) is 9.34. The van der Waals surface area contributed by atoms with Gasteiger partial charge >= 0.3 is 0 Å². The van der Waals surface area contributed by atoms with Crippen LogP contribution in [0.5, 0.6) is 5.75 Å². The highest BCUT2D eigenvalue weighted by Gasteiger charge is 2.45. The van der Waals surface area contributed by atoms with Gasteiger partial charge in [-0.15, -0.1) is 0 Å². The van der Waals surface area contributed by atoms with Crippen molar-refractivity contribution >= 4 is 17.4 Å². The molecule has 3 rings (SSSR count). The predicted molar refractivity (Wildman–Crippen MR) is 114 cm³/mol. The quantitative estimate of drug-likeness (QED) is 0.369. The molecule has 1 N–H and O–H groups in total. The molecule has 1 aromatic carbocycles. The van der Waals surface area contributed by atoms with Crippen LogP contribution in [0.1, 0.15) is 42.9 Å². The summed E-state index contributed by atoms with van der Waals surface area (Å²) in [6.07, 6.45) is 1.59. The highest BCUT2D eigenvalue weighted by molar-refractivity contribution is 6.46. The number of aryl methyl sites for hydroxylation is 1. The normalized spacial score (nSPS) is 18.2. The lowest BCUT2D eigenvalue weighted by atomic mass is 9.99. The summed E-state index contributed by atoms with van der Waals surface area (Å²) < 4.78 is 11.3. The van der Waals surface area contributed by atoms with Crippen LogP contribution in [0.3, 0.4) is 0 Å². The zero-order valence-corrected chi connectivity index (χ0v) is 18.6. The van der Waals surface area contributed by atoms with Gasteiger partial charge in [0.1, 0.15) is 23.3 Å². The predicted octanol–water partition coefficient (Wildman–Crippen LogP) is 1.14. The molecule has 7 nitrogen and oxygen atoms in total. The fraction of sp³-hybridized carbons (Fsp3) is 0.417. The average Bonchev–Trinajstić information content (AvgIpc) is 3.28. The number of rotatable bonds is 9. The van der Waals surface area contributed by atoms with Crippen LogP contribution >= 0.6 is 0 Å². The first-order valence-corrected chi connectivity index (χ1v) is 10.7. The van der Waals surface area contributed by atoms with Crippen molar-refractivity contribution in [2.75, 3.05) is 33.8 Å². The molecule has 0 bridgehead atoms. The third-order valence-corrected chi connectivity index (χ3v) is 5.23. The minimum atomic E-state index is -0.811. The van der Waals surface area contributed by atoms with Gasteiger partial charge in [-0.3, -0.25) is 9.59 Å². The number of ether oxygens (including phenoxy) is 1. The monoisotopic (exact) mass is 426 g/mol. The molecule has 7 heteroatoms. The molecular formula is C24H30N2O5. The van der Waals surface area contributed by atoms with E-state index in [4.69, 9.17) is 9.15 Å². The van der Waals surface area contributed by atoms with Crippen LogP contribution in [0.4, 0.5) is 0 Å². The molecule has 166 valence electrons. The van der Waals surface area contributed by atoms with Gasteiger partial charge in [0.05, 0.1) is 27.2 Å². The molecule has 1 saturated heterocycles. The molecule has 1 fully saturated rings. The maximum absolute atomic E-state index is 13.3. The molecule has 0 radical (unpaired) electrons. The van der Waals surface area contributed by atoms with Gasteiger partial charge in [0, 0.05) is 18.5 Å². The third kappa shape index (κ3) is 4.99. The van der Waals surface area contributed by atoms with E-state index in [-0.39, 0.29) is 5.57 Å². The second-order valence-electron chi connectivity index (χ2n) is 8.10. The molecule has 1 amide bonds. The summed E-state index contributed by atoms with van der Waals surface area (Å²) in [4.78, 5) is 28.4. The van der Waals surface area contributed by atoms with Gasteiger partial charge in [0.15, 0.2) is 0 Å². The molecule has 1 unspecified atom stereocenters. The highest BCUT2D eigenvalue weighted by atomic mass is 16.5. The van der Waals surface area contributed by atoms with Gasteiger partial charge in [-0.2, -0.15) is 0 Å². The Morgan fingerprint density at radius 3 is 2.45 bits per heavy atom. The number of carbonyl (C=O) groups is 2. The van der Waals surface area contributed by atoms with E-state index >= 15 is 0 Å². The van der Waals surface area contributed by atoms with Gasteiger partial charge in [-0.1, -0.05) is 24.8 Å².